The number of hydrogen-bond acceptors (Lipinski definition) is 2. The Kier molecular flexibility index (Phi) is 6.08. The van der Waals surface area contributed by atoms with Gasteiger partial charge in [-0.25, -0.2) is 26.3 Å². The molecule has 0 aromatic rings. The average Bonchev–Trinajstić information content (AvgIpc) is 2.32. The molecule has 122 valence electrons. The largest absolute Gasteiger partial charge is 0.420 e. The van der Waals surface area contributed by atoms with E-state index in [0.29, 0.717) is 0 Å². The fourth-order valence-corrected chi connectivity index (χ4v) is 1.03. The molecule has 0 aliphatic rings. The summed E-state index contributed by atoms with van der Waals surface area (Å²) in [6.45, 7) is 0. The molecule has 6 atom stereocenters. The molecular weight excluding hydrogens is 318 g/mol. The zero-order chi connectivity index (χ0) is 16.5. The van der Waals surface area contributed by atoms with Crippen LogP contribution in [0.15, 0.2) is 0 Å². The van der Waals surface area contributed by atoms with Crippen molar-refractivity contribution >= 4 is 0 Å². The first-order chi connectivity index (χ1) is 8.75. The Bertz CT molecular complexity index is 306. The van der Waals surface area contributed by atoms with Crippen molar-refractivity contribution in [2.45, 2.75) is 49.2 Å². The second-order valence-corrected chi connectivity index (χ2v) is 3.72. The number of halogens is 10. The van der Waals surface area contributed by atoms with Gasteiger partial charge in [0.25, 0.3) is 0 Å². The lowest BCUT2D eigenvalue weighted by Crippen LogP contribution is -2.55. The van der Waals surface area contributed by atoms with Crippen molar-refractivity contribution in [1.82, 2.24) is 0 Å². The van der Waals surface area contributed by atoms with Crippen molar-refractivity contribution in [1.29, 1.82) is 0 Å². The average molecular weight is 326 g/mol. The van der Waals surface area contributed by atoms with Gasteiger partial charge in [-0.3, -0.25) is 0 Å². The fourth-order valence-electron chi connectivity index (χ4n) is 1.03. The van der Waals surface area contributed by atoms with Gasteiger partial charge in [0.1, 0.15) is 0 Å². The zero-order valence-electron chi connectivity index (χ0n) is 9.14. The van der Waals surface area contributed by atoms with E-state index in [-0.39, 0.29) is 0 Å². The molecule has 0 saturated carbocycles. The van der Waals surface area contributed by atoms with E-state index in [4.69, 9.17) is 10.2 Å². The molecule has 0 radical (unpaired) electrons. The predicted molar refractivity (Wildman–Crippen MR) is 43.7 cm³/mol. The van der Waals surface area contributed by atoms with E-state index in [1.807, 2.05) is 0 Å². The molecule has 6 unspecified atom stereocenters. The zero-order valence-corrected chi connectivity index (χ0v) is 9.14. The van der Waals surface area contributed by atoms with Crippen LogP contribution in [0.25, 0.3) is 0 Å². The van der Waals surface area contributed by atoms with Gasteiger partial charge >= 0.3 is 12.0 Å². The second-order valence-electron chi connectivity index (χ2n) is 3.72. The van der Waals surface area contributed by atoms with E-state index >= 15 is 0 Å². The molecule has 0 fully saturated rings. The van der Waals surface area contributed by atoms with E-state index in [1.54, 1.807) is 0 Å². The third-order valence-electron chi connectivity index (χ3n) is 2.20. The molecule has 0 bridgehead atoms. The highest BCUT2D eigenvalue weighted by Gasteiger charge is 2.65. The first kappa shape index (κ1) is 19.2. The van der Waals surface area contributed by atoms with Crippen molar-refractivity contribution in [2.75, 3.05) is 0 Å². The number of hydrogen-bond donors (Lipinski definition) is 2. The van der Waals surface area contributed by atoms with Crippen molar-refractivity contribution in [3.8, 4) is 0 Å². The molecule has 0 amide bonds. The Balaban J connectivity index is 5.03. The van der Waals surface area contributed by atoms with Gasteiger partial charge in [0, 0.05) is 0 Å². The number of alkyl halides is 10. The van der Waals surface area contributed by atoms with E-state index in [9.17, 15) is 43.9 Å². The van der Waals surface area contributed by atoms with Crippen molar-refractivity contribution < 1.29 is 54.1 Å². The van der Waals surface area contributed by atoms with Crippen LogP contribution in [0, 0.1) is 0 Å². The summed E-state index contributed by atoms with van der Waals surface area (Å²) in [6, 6.07) is 0. The Morgan fingerprint density at radius 3 is 1.30 bits per heavy atom. The van der Waals surface area contributed by atoms with E-state index in [2.05, 4.69) is 0 Å². The number of rotatable bonds is 7. The van der Waals surface area contributed by atoms with Crippen LogP contribution in [0.5, 0.6) is 0 Å². The first-order valence-corrected chi connectivity index (χ1v) is 4.75. The van der Waals surface area contributed by atoms with Crippen molar-refractivity contribution in [3.05, 3.63) is 0 Å². The van der Waals surface area contributed by atoms with Crippen LogP contribution in [0.1, 0.15) is 0 Å². The summed E-state index contributed by atoms with van der Waals surface area (Å²) in [7, 11) is 0. The van der Waals surface area contributed by atoms with Crippen LogP contribution in [-0.2, 0) is 0 Å². The Morgan fingerprint density at radius 2 is 1.00 bits per heavy atom. The summed E-state index contributed by atoms with van der Waals surface area (Å²) in [5.41, 5.74) is 0. The summed E-state index contributed by atoms with van der Waals surface area (Å²) in [5, 5.41) is 15.5. The van der Waals surface area contributed by atoms with Crippen LogP contribution < -0.4 is 0 Å². The summed E-state index contributed by atoms with van der Waals surface area (Å²) >= 11 is 0. The minimum Gasteiger partial charge on any atom is -0.362 e. The van der Waals surface area contributed by atoms with Crippen molar-refractivity contribution in [2.24, 2.45) is 0 Å². The lowest BCUT2D eigenvalue weighted by Gasteiger charge is -2.29. The Hall–Kier alpha value is -0.780. The van der Waals surface area contributed by atoms with Crippen LogP contribution in [-0.4, -0.2) is 59.5 Å². The second kappa shape index (κ2) is 6.33. The molecule has 20 heavy (non-hydrogen) atoms. The van der Waals surface area contributed by atoms with Crippen LogP contribution >= 0.6 is 0 Å². The molecule has 2 nitrogen and oxygen atoms in total. The summed E-state index contributed by atoms with van der Waals surface area (Å²) in [6.07, 6.45) is -30.7. The summed E-state index contributed by atoms with van der Waals surface area (Å²) in [5.74, 6) is -6.14. The smallest absolute Gasteiger partial charge is 0.362 e. The SMILES string of the molecule is OC(F)C(F)C(F)C(F)C(F)C(F)C(F)(F)C(O)(F)F. The monoisotopic (exact) mass is 326 g/mol. The molecule has 0 aliphatic heterocycles. The molecule has 0 aromatic heterocycles. The lowest BCUT2D eigenvalue weighted by molar-refractivity contribution is -0.348. The van der Waals surface area contributed by atoms with Gasteiger partial charge in [-0.1, -0.05) is 0 Å². The highest BCUT2D eigenvalue weighted by atomic mass is 19.3. The lowest BCUT2D eigenvalue weighted by atomic mass is 10.00. The van der Waals surface area contributed by atoms with Crippen molar-refractivity contribution in [3.63, 3.8) is 0 Å². The maximum absolute atomic E-state index is 12.8. The maximum Gasteiger partial charge on any atom is 0.420 e. The van der Waals surface area contributed by atoms with E-state index < -0.39 is 49.2 Å². The third kappa shape index (κ3) is 3.87. The van der Waals surface area contributed by atoms with Gasteiger partial charge in [0.05, 0.1) is 0 Å². The Morgan fingerprint density at radius 1 is 0.650 bits per heavy atom. The summed E-state index contributed by atoms with van der Waals surface area (Å²) in [4.78, 5) is 0. The fraction of sp³-hybridized carbons (Fsp3) is 1.00. The van der Waals surface area contributed by atoms with Crippen LogP contribution in [0.3, 0.4) is 0 Å². The molecule has 0 aromatic carbocycles. The number of aliphatic hydroxyl groups excluding tert-OH is 1. The van der Waals surface area contributed by atoms with E-state index in [0.717, 1.165) is 0 Å². The van der Waals surface area contributed by atoms with Gasteiger partial charge in [-0.15, -0.1) is 0 Å². The van der Waals surface area contributed by atoms with E-state index in [1.165, 1.54) is 0 Å². The molecule has 0 aliphatic carbocycles. The van der Waals surface area contributed by atoms with Gasteiger partial charge in [-0.2, -0.15) is 17.6 Å². The molecule has 0 spiro atoms. The van der Waals surface area contributed by atoms with Gasteiger partial charge < -0.3 is 10.2 Å². The third-order valence-corrected chi connectivity index (χ3v) is 2.20. The highest BCUT2D eigenvalue weighted by molar-refractivity contribution is 4.95. The molecule has 0 heterocycles. The maximum atomic E-state index is 12.8. The summed E-state index contributed by atoms with van der Waals surface area (Å²) < 4.78 is 124. The quantitative estimate of drug-likeness (QED) is 0.704. The Labute approximate surface area is 105 Å². The topological polar surface area (TPSA) is 40.5 Å². The molecule has 0 saturated heterocycles. The standard InChI is InChI=1S/C8H8F10O2/c9-1(2(10)4(12)6(14)19)3(11)5(13)7(15,16)8(17,18)20/h1-6,19-20H. The minimum absolute atomic E-state index is 3.67. The number of aliphatic hydroxyl groups is 2. The normalized spacial score (nSPS) is 22.8. The highest BCUT2D eigenvalue weighted by Crippen LogP contribution is 2.40. The van der Waals surface area contributed by atoms with Gasteiger partial charge in [0.15, 0.2) is 24.7 Å². The van der Waals surface area contributed by atoms with Gasteiger partial charge in [-0.05, 0) is 0 Å². The molecular formula is C8H8F10O2. The molecule has 0 rings (SSSR count). The minimum atomic E-state index is -6.14. The first-order valence-electron chi connectivity index (χ1n) is 4.75. The van der Waals surface area contributed by atoms with Gasteiger partial charge in [0.2, 0.25) is 12.5 Å². The molecule has 12 heteroatoms. The molecule has 2 N–H and O–H groups in total. The van der Waals surface area contributed by atoms with Crippen LogP contribution in [0.2, 0.25) is 0 Å². The van der Waals surface area contributed by atoms with Crippen LogP contribution in [0.4, 0.5) is 43.9 Å². The predicted octanol–water partition coefficient (Wildman–Crippen LogP) is 2.19.